The summed E-state index contributed by atoms with van der Waals surface area (Å²) in [5.74, 6) is 0.962. The Hall–Kier alpha value is -2.26. The molecule has 2 aliphatic rings. The Labute approximate surface area is 154 Å². The number of phenolic OH excluding ortho intramolecular Hbond substituents is 1. The number of aromatic amines is 1. The summed E-state index contributed by atoms with van der Waals surface area (Å²) in [6.07, 6.45) is 3.29. The molecule has 1 aromatic heterocycles. The third-order valence-corrected chi connectivity index (χ3v) is 6.77. The second-order valence-electron chi connectivity index (χ2n) is 8.43. The highest BCUT2D eigenvalue weighted by Gasteiger charge is 2.47. The van der Waals surface area contributed by atoms with Gasteiger partial charge in [0.15, 0.2) is 0 Å². The molecule has 2 heterocycles. The van der Waals surface area contributed by atoms with Crippen LogP contribution in [-0.4, -0.2) is 35.1 Å². The van der Waals surface area contributed by atoms with Crippen molar-refractivity contribution >= 4 is 10.9 Å². The molecule has 1 unspecified atom stereocenters. The molecular weight excluding hydrogens is 320 g/mol. The van der Waals surface area contributed by atoms with Crippen molar-refractivity contribution in [3.63, 3.8) is 0 Å². The van der Waals surface area contributed by atoms with Crippen LogP contribution >= 0.6 is 0 Å². The monoisotopic (exact) mass is 346 g/mol. The van der Waals surface area contributed by atoms with Crippen LogP contribution in [0.15, 0.2) is 42.5 Å². The molecule has 3 aromatic rings. The number of fused-ring (bicyclic) bond motifs is 4. The van der Waals surface area contributed by atoms with Gasteiger partial charge in [-0.1, -0.05) is 24.3 Å². The zero-order chi connectivity index (χ0) is 17.9. The lowest BCUT2D eigenvalue weighted by molar-refractivity contribution is 0.0994. The summed E-state index contributed by atoms with van der Waals surface area (Å²) in [4.78, 5) is 6.20. The molecule has 1 aliphatic carbocycles. The maximum absolute atomic E-state index is 10.1. The van der Waals surface area contributed by atoms with Crippen LogP contribution in [0, 0.1) is 12.8 Å². The molecule has 5 rings (SSSR count). The maximum atomic E-state index is 10.1. The van der Waals surface area contributed by atoms with E-state index in [0.717, 1.165) is 32.4 Å². The molecule has 0 amide bonds. The minimum Gasteiger partial charge on any atom is -0.508 e. The predicted octanol–water partition coefficient (Wildman–Crippen LogP) is 4.17. The van der Waals surface area contributed by atoms with Gasteiger partial charge in [-0.2, -0.15) is 0 Å². The number of hydrogen-bond donors (Lipinski definition) is 2. The molecule has 1 fully saturated rings. The second kappa shape index (κ2) is 5.62. The van der Waals surface area contributed by atoms with Gasteiger partial charge in [-0.05, 0) is 80.6 Å². The molecule has 1 aliphatic heterocycles. The minimum absolute atomic E-state index is 0.119. The number of hydrogen-bond acceptors (Lipinski definition) is 2. The van der Waals surface area contributed by atoms with Gasteiger partial charge in [0, 0.05) is 28.6 Å². The number of aromatic hydroxyl groups is 1. The number of phenols is 1. The van der Waals surface area contributed by atoms with Crippen molar-refractivity contribution in [2.45, 2.75) is 31.6 Å². The average molecular weight is 346 g/mol. The van der Waals surface area contributed by atoms with Crippen LogP contribution < -0.4 is 0 Å². The SMILES string of the molecule is Cc1ccc2c3c([nH]c2c1)C[C@@]1(c2cccc(O)c2)CCN(C)CC1C3. The normalized spacial score (nSPS) is 25.8. The Morgan fingerprint density at radius 2 is 2.08 bits per heavy atom. The maximum Gasteiger partial charge on any atom is 0.115 e. The van der Waals surface area contributed by atoms with Gasteiger partial charge in [-0.3, -0.25) is 0 Å². The van der Waals surface area contributed by atoms with Crippen molar-refractivity contribution < 1.29 is 5.11 Å². The molecule has 3 nitrogen and oxygen atoms in total. The van der Waals surface area contributed by atoms with Crippen LogP contribution in [0.1, 0.15) is 28.8 Å². The van der Waals surface area contributed by atoms with Gasteiger partial charge in [-0.25, -0.2) is 0 Å². The molecular formula is C23H26N2O. The van der Waals surface area contributed by atoms with E-state index >= 15 is 0 Å². The first kappa shape index (κ1) is 16.0. The zero-order valence-electron chi connectivity index (χ0n) is 15.5. The van der Waals surface area contributed by atoms with E-state index in [9.17, 15) is 5.11 Å². The summed E-state index contributed by atoms with van der Waals surface area (Å²) >= 11 is 0. The van der Waals surface area contributed by atoms with Crippen LogP contribution in [-0.2, 0) is 18.3 Å². The molecule has 1 saturated heterocycles. The quantitative estimate of drug-likeness (QED) is 0.694. The molecule has 26 heavy (non-hydrogen) atoms. The number of nitrogens with zero attached hydrogens (tertiary/aromatic N) is 1. The molecule has 134 valence electrons. The van der Waals surface area contributed by atoms with Crippen LogP contribution in [0.5, 0.6) is 5.75 Å². The van der Waals surface area contributed by atoms with Crippen molar-refractivity contribution in [3.05, 3.63) is 64.8 Å². The van der Waals surface area contributed by atoms with Crippen LogP contribution in [0.25, 0.3) is 10.9 Å². The summed E-state index contributed by atoms with van der Waals surface area (Å²) in [6, 6.07) is 14.8. The summed E-state index contributed by atoms with van der Waals surface area (Å²) < 4.78 is 0. The Kier molecular flexibility index (Phi) is 3.45. The first-order chi connectivity index (χ1) is 12.5. The van der Waals surface area contributed by atoms with E-state index in [0.29, 0.717) is 11.7 Å². The summed E-state index contributed by atoms with van der Waals surface area (Å²) in [5, 5.41) is 11.5. The standard InChI is InChI=1S/C23H26N2O/c1-15-6-7-19-20-12-17-14-25(2)9-8-23(17,13-22(20)24-21(19)10-15)16-4-3-5-18(26)11-16/h3-7,10-11,17,24,26H,8-9,12-14H2,1-2H3/t17?,23-/m1/s1. The first-order valence-corrected chi connectivity index (χ1v) is 9.63. The average Bonchev–Trinajstić information content (AvgIpc) is 2.95. The second-order valence-corrected chi connectivity index (χ2v) is 8.43. The first-order valence-electron chi connectivity index (χ1n) is 9.63. The van der Waals surface area contributed by atoms with E-state index < -0.39 is 0 Å². The fraction of sp³-hybridized carbons (Fsp3) is 0.391. The van der Waals surface area contributed by atoms with Gasteiger partial charge in [0.2, 0.25) is 0 Å². The number of rotatable bonds is 1. The molecule has 3 heteroatoms. The van der Waals surface area contributed by atoms with Crippen LogP contribution in [0.4, 0.5) is 0 Å². The Bertz CT molecular complexity index is 989. The van der Waals surface area contributed by atoms with Gasteiger partial charge in [0.05, 0.1) is 0 Å². The highest BCUT2D eigenvalue weighted by atomic mass is 16.3. The topological polar surface area (TPSA) is 39.3 Å². The fourth-order valence-electron chi connectivity index (χ4n) is 5.40. The zero-order valence-corrected chi connectivity index (χ0v) is 15.5. The highest BCUT2D eigenvalue weighted by molar-refractivity contribution is 5.85. The van der Waals surface area contributed by atoms with E-state index in [1.54, 1.807) is 6.07 Å². The van der Waals surface area contributed by atoms with Crippen molar-refractivity contribution in [3.8, 4) is 5.75 Å². The number of benzene rings is 2. The van der Waals surface area contributed by atoms with Crippen molar-refractivity contribution in [1.29, 1.82) is 0 Å². The van der Waals surface area contributed by atoms with Gasteiger partial charge >= 0.3 is 0 Å². The van der Waals surface area contributed by atoms with Gasteiger partial charge in [0.25, 0.3) is 0 Å². The number of piperidine rings is 1. The number of H-pyrrole nitrogens is 1. The Morgan fingerprint density at radius 3 is 2.92 bits per heavy atom. The highest BCUT2D eigenvalue weighted by Crippen LogP contribution is 2.49. The number of aryl methyl sites for hydroxylation is 1. The molecule has 0 radical (unpaired) electrons. The van der Waals surface area contributed by atoms with Gasteiger partial charge in [-0.15, -0.1) is 0 Å². The van der Waals surface area contributed by atoms with Crippen molar-refractivity contribution in [1.82, 2.24) is 9.88 Å². The molecule has 2 N–H and O–H groups in total. The third kappa shape index (κ3) is 2.30. The minimum atomic E-state index is 0.119. The van der Waals surface area contributed by atoms with Crippen LogP contribution in [0.3, 0.4) is 0 Å². The van der Waals surface area contributed by atoms with E-state index in [1.165, 1.54) is 33.3 Å². The summed E-state index contributed by atoms with van der Waals surface area (Å²) in [5.41, 5.74) is 6.90. The number of aromatic nitrogens is 1. The van der Waals surface area contributed by atoms with Crippen LogP contribution in [0.2, 0.25) is 0 Å². The Morgan fingerprint density at radius 1 is 1.19 bits per heavy atom. The van der Waals surface area contributed by atoms with E-state index in [4.69, 9.17) is 0 Å². The lowest BCUT2D eigenvalue weighted by Crippen LogP contribution is -2.52. The molecule has 0 spiro atoms. The molecule has 0 saturated carbocycles. The largest absolute Gasteiger partial charge is 0.508 e. The summed E-state index contributed by atoms with van der Waals surface area (Å²) in [7, 11) is 2.24. The van der Waals surface area contributed by atoms with E-state index in [-0.39, 0.29) is 5.41 Å². The number of nitrogens with one attached hydrogen (secondary N) is 1. The summed E-state index contributed by atoms with van der Waals surface area (Å²) in [6.45, 7) is 4.39. The van der Waals surface area contributed by atoms with Gasteiger partial charge < -0.3 is 15.0 Å². The lowest BCUT2D eigenvalue weighted by atomic mass is 9.59. The fourth-order valence-corrected chi connectivity index (χ4v) is 5.40. The molecule has 2 atom stereocenters. The molecule has 0 bridgehead atoms. The van der Waals surface area contributed by atoms with Crippen molar-refractivity contribution in [2.75, 3.05) is 20.1 Å². The lowest BCUT2D eigenvalue weighted by Gasteiger charge is -2.50. The van der Waals surface area contributed by atoms with E-state index in [2.05, 4.69) is 48.1 Å². The van der Waals surface area contributed by atoms with E-state index in [1.807, 2.05) is 12.1 Å². The predicted molar refractivity (Wildman–Crippen MR) is 106 cm³/mol. The number of likely N-dealkylation sites (tertiary alicyclic amines) is 1. The van der Waals surface area contributed by atoms with Gasteiger partial charge in [0.1, 0.15) is 5.75 Å². The molecule has 2 aromatic carbocycles. The third-order valence-electron chi connectivity index (χ3n) is 6.77. The Balaban J connectivity index is 1.68. The smallest absolute Gasteiger partial charge is 0.115 e. The van der Waals surface area contributed by atoms with Crippen molar-refractivity contribution in [2.24, 2.45) is 5.92 Å².